The van der Waals surface area contributed by atoms with Crippen LogP contribution in [0.3, 0.4) is 0 Å². The van der Waals surface area contributed by atoms with Gasteiger partial charge in [-0.3, -0.25) is 0 Å². The van der Waals surface area contributed by atoms with Gasteiger partial charge in [-0.15, -0.1) is 0 Å². The summed E-state index contributed by atoms with van der Waals surface area (Å²) >= 11 is 0. The molecule has 2 rings (SSSR count). The van der Waals surface area contributed by atoms with Gasteiger partial charge in [0, 0.05) is 0 Å². The van der Waals surface area contributed by atoms with Crippen molar-refractivity contribution in [3.05, 3.63) is 29.8 Å². The third-order valence-electron chi connectivity index (χ3n) is 2.15. The molecule has 1 aromatic carbocycles. The van der Waals surface area contributed by atoms with Crippen LogP contribution in [-0.4, -0.2) is 26.9 Å². The minimum absolute atomic E-state index is 0.0267. The summed E-state index contributed by atoms with van der Waals surface area (Å²) in [6, 6.07) is 7.85. The van der Waals surface area contributed by atoms with Gasteiger partial charge >= 0.3 is 0 Å². The first-order valence-corrected chi connectivity index (χ1v) is 6.11. The second-order valence-corrected chi connectivity index (χ2v) is 5.41. The average molecular weight is 223 g/mol. The lowest BCUT2D eigenvalue weighted by molar-refractivity contribution is 0.422. The molecule has 15 heavy (non-hydrogen) atoms. The van der Waals surface area contributed by atoms with Crippen LogP contribution in [0.1, 0.15) is 5.56 Å². The molecule has 4 nitrogen and oxygen atoms in total. The molecule has 5 heteroatoms. The molecule has 1 unspecified atom stereocenters. The Labute approximate surface area is 88.0 Å². The molecule has 1 fully saturated rings. The molecule has 0 aromatic heterocycles. The fraction of sp³-hybridized carbons (Fsp3) is 0.300. The van der Waals surface area contributed by atoms with E-state index < -0.39 is 9.84 Å². The Balaban J connectivity index is 2.24. The van der Waals surface area contributed by atoms with Crippen molar-refractivity contribution in [2.45, 2.75) is 11.0 Å². The molecular formula is C10H9NO3S. The van der Waals surface area contributed by atoms with Crippen molar-refractivity contribution in [3.63, 3.8) is 0 Å². The number of rotatable bonds is 3. The van der Waals surface area contributed by atoms with Crippen LogP contribution in [-0.2, 0) is 14.6 Å². The van der Waals surface area contributed by atoms with Gasteiger partial charge < -0.3 is 4.74 Å². The molecule has 0 amide bonds. The predicted molar refractivity (Wildman–Crippen MR) is 52.9 cm³/mol. The van der Waals surface area contributed by atoms with Gasteiger partial charge in [0.1, 0.15) is 0 Å². The topological polar surface area (TPSA) is 70.5 Å². The van der Waals surface area contributed by atoms with Crippen molar-refractivity contribution in [2.75, 3.05) is 12.4 Å². The van der Waals surface area contributed by atoms with Crippen molar-refractivity contribution < 1.29 is 13.2 Å². The summed E-state index contributed by atoms with van der Waals surface area (Å²) in [4.78, 5) is 0.247. The van der Waals surface area contributed by atoms with Gasteiger partial charge in [-0.1, -0.05) is 0 Å². The molecule has 1 saturated heterocycles. The summed E-state index contributed by atoms with van der Waals surface area (Å²) < 4.78 is 28.3. The quantitative estimate of drug-likeness (QED) is 0.708. The van der Waals surface area contributed by atoms with E-state index in [-0.39, 0.29) is 16.8 Å². The zero-order valence-electron chi connectivity index (χ0n) is 7.88. The zero-order valence-corrected chi connectivity index (χ0v) is 8.70. The first-order chi connectivity index (χ1) is 7.12. The van der Waals surface area contributed by atoms with E-state index >= 15 is 0 Å². The Morgan fingerprint density at radius 2 is 2.00 bits per heavy atom. The highest BCUT2D eigenvalue weighted by Crippen LogP contribution is 2.18. The average Bonchev–Trinajstić information content (AvgIpc) is 3.01. The van der Waals surface area contributed by atoms with Crippen molar-refractivity contribution in [2.24, 2.45) is 0 Å². The first-order valence-electron chi connectivity index (χ1n) is 4.46. The molecule has 0 radical (unpaired) electrons. The maximum atomic E-state index is 11.7. The smallest absolute Gasteiger partial charge is 0.181 e. The van der Waals surface area contributed by atoms with Crippen LogP contribution in [0.4, 0.5) is 0 Å². The van der Waals surface area contributed by atoms with E-state index in [4.69, 9.17) is 10.00 Å². The van der Waals surface area contributed by atoms with Crippen LogP contribution in [0.2, 0.25) is 0 Å². The summed E-state index contributed by atoms with van der Waals surface area (Å²) in [5.74, 6) is 0.0267. The van der Waals surface area contributed by atoms with E-state index in [9.17, 15) is 8.42 Å². The highest BCUT2D eigenvalue weighted by Gasteiger charge is 2.30. The lowest BCUT2D eigenvalue weighted by atomic mass is 10.2. The number of hydrogen-bond donors (Lipinski definition) is 0. The van der Waals surface area contributed by atoms with E-state index in [0.717, 1.165) is 0 Å². The number of ether oxygens (including phenoxy) is 1. The van der Waals surface area contributed by atoms with Gasteiger partial charge in [0.05, 0.1) is 35.0 Å². The molecule has 1 atom stereocenters. The maximum Gasteiger partial charge on any atom is 0.181 e. The van der Waals surface area contributed by atoms with Crippen LogP contribution in [0.15, 0.2) is 29.2 Å². The molecule has 1 aliphatic heterocycles. The van der Waals surface area contributed by atoms with Crippen LogP contribution < -0.4 is 0 Å². The van der Waals surface area contributed by atoms with Gasteiger partial charge in [0.25, 0.3) is 0 Å². The minimum atomic E-state index is -3.26. The highest BCUT2D eigenvalue weighted by molar-refractivity contribution is 7.91. The molecule has 0 bridgehead atoms. The number of nitriles is 1. The van der Waals surface area contributed by atoms with Gasteiger partial charge in [-0.25, -0.2) is 8.42 Å². The second kappa shape index (κ2) is 3.65. The third kappa shape index (κ3) is 2.35. The lowest BCUT2D eigenvalue weighted by Crippen LogP contribution is -2.11. The van der Waals surface area contributed by atoms with Crippen molar-refractivity contribution in [3.8, 4) is 6.07 Å². The molecule has 0 aliphatic carbocycles. The van der Waals surface area contributed by atoms with E-state index in [2.05, 4.69) is 0 Å². The number of hydrogen-bond acceptors (Lipinski definition) is 4. The number of nitrogens with zero attached hydrogens (tertiary/aromatic N) is 1. The SMILES string of the molecule is N#Cc1ccc(S(=O)(=O)CC2CO2)cc1. The summed E-state index contributed by atoms with van der Waals surface area (Å²) in [7, 11) is -3.26. The molecular weight excluding hydrogens is 214 g/mol. The number of epoxide rings is 1. The summed E-state index contributed by atoms with van der Waals surface area (Å²) in [6.45, 7) is 0.523. The van der Waals surface area contributed by atoms with Crippen LogP contribution in [0, 0.1) is 11.3 Å². The molecule has 78 valence electrons. The Morgan fingerprint density at radius 1 is 1.40 bits per heavy atom. The Kier molecular flexibility index (Phi) is 2.47. The number of sulfone groups is 1. The summed E-state index contributed by atoms with van der Waals surface area (Å²) in [5, 5.41) is 8.57. The minimum Gasteiger partial charge on any atom is -0.372 e. The zero-order chi connectivity index (χ0) is 10.9. The van der Waals surface area contributed by atoms with Crippen molar-refractivity contribution in [1.29, 1.82) is 5.26 Å². The van der Waals surface area contributed by atoms with Crippen LogP contribution in [0.5, 0.6) is 0 Å². The standard InChI is InChI=1S/C10H9NO3S/c11-5-8-1-3-10(4-2-8)15(12,13)7-9-6-14-9/h1-4,9H,6-7H2. The Morgan fingerprint density at radius 3 is 2.47 bits per heavy atom. The van der Waals surface area contributed by atoms with Gasteiger partial charge in [0.15, 0.2) is 9.84 Å². The highest BCUT2D eigenvalue weighted by atomic mass is 32.2. The predicted octanol–water partition coefficient (Wildman–Crippen LogP) is 0.731. The monoisotopic (exact) mass is 223 g/mol. The second-order valence-electron chi connectivity index (χ2n) is 3.37. The van der Waals surface area contributed by atoms with Crippen molar-refractivity contribution in [1.82, 2.24) is 0 Å². The Hall–Kier alpha value is -1.38. The van der Waals surface area contributed by atoms with E-state index in [1.165, 1.54) is 24.3 Å². The largest absolute Gasteiger partial charge is 0.372 e. The maximum absolute atomic E-state index is 11.7. The molecule has 0 spiro atoms. The summed E-state index contributed by atoms with van der Waals surface area (Å²) in [6.07, 6.45) is -0.148. The molecule has 1 heterocycles. The molecule has 1 aliphatic rings. The molecule has 0 N–H and O–H groups in total. The summed E-state index contributed by atoms with van der Waals surface area (Å²) in [5.41, 5.74) is 0.455. The van der Waals surface area contributed by atoms with E-state index in [1.807, 2.05) is 6.07 Å². The first kappa shape index (κ1) is 10.1. The lowest BCUT2D eigenvalue weighted by Gasteiger charge is -2.01. The van der Waals surface area contributed by atoms with Crippen LogP contribution >= 0.6 is 0 Å². The van der Waals surface area contributed by atoms with Gasteiger partial charge in [0.2, 0.25) is 0 Å². The fourth-order valence-electron chi connectivity index (χ4n) is 1.24. The van der Waals surface area contributed by atoms with Gasteiger partial charge in [-0.05, 0) is 24.3 Å². The van der Waals surface area contributed by atoms with E-state index in [0.29, 0.717) is 12.2 Å². The fourth-order valence-corrected chi connectivity index (χ4v) is 2.67. The van der Waals surface area contributed by atoms with E-state index in [1.54, 1.807) is 0 Å². The normalized spacial score (nSPS) is 19.5. The van der Waals surface area contributed by atoms with Crippen LogP contribution in [0.25, 0.3) is 0 Å². The Bertz CT molecular complexity index is 494. The molecule has 1 aromatic rings. The van der Waals surface area contributed by atoms with Crippen molar-refractivity contribution >= 4 is 9.84 Å². The van der Waals surface area contributed by atoms with Gasteiger partial charge in [-0.2, -0.15) is 5.26 Å². The molecule has 0 saturated carbocycles. The number of benzene rings is 1. The third-order valence-corrected chi connectivity index (χ3v) is 3.95.